The van der Waals surface area contributed by atoms with Crippen molar-refractivity contribution in [2.45, 2.75) is 37.3 Å². The van der Waals surface area contributed by atoms with Gasteiger partial charge in [0.2, 0.25) is 5.91 Å². The zero-order valence-corrected chi connectivity index (χ0v) is 19.7. The Bertz CT molecular complexity index is 1080. The van der Waals surface area contributed by atoms with Crippen molar-refractivity contribution in [3.63, 3.8) is 0 Å². The van der Waals surface area contributed by atoms with Crippen LogP contribution in [0, 0.1) is 11.8 Å². The van der Waals surface area contributed by atoms with Crippen LogP contribution in [0.15, 0.2) is 48.5 Å². The Morgan fingerprint density at radius 3 is 2.20 bits per heavy atom. The van der Waals surface area contributed by atoms with Crippen LogP contribution in [0.5, 0.6) is 0 Å². The highest BCUT2D eigenvalue weighted by molar-refractivity contribution is 5.87. The topological polar surface area (TPSA) is 105 Å². The fourth-order valence-electron chi connectivity index (χ4n) is 5.34. The van der Waals surface area contributed by atoms with Gasteiger partial charge in [0.25, 0.3) is 0 Å². The average Bonchev–Trinajstić information content (AvgIpc) is 3.47. The van der Waals surface area contributed by atoms with Gasteiger partial charge in [-0.25, -0.2) is 4.79 Å². The van der Waals surface area contributed by atoms with Crippen LogP contribution in [0.1, 0.15) is 36.3 Å². The van der Waals surface area contributed by atoms with E-state index in [2.05, 4.69) is 29.6 Å². The average molecular weight is 479 g/mol. The Morgan fingerprint density at radius 2 is 1.66 bits per heavy atom. The van der Waals surface area contributed by atoms with E-state index in [1.807, 2.05) is 24.3 Å². The van der Waals surface area contributed by atoms with Crippen molar-refractivity contribution in [1.82, 2.24) is 10.2 Å². The molecule has 2 aromatic rings. The second kappa shape index (κ2) is 9.70. The minimum Gasteiger partial charge on any atom is -0.481 e. The summed E-state index contributed by atoms with van der Waals surface area (Å²) in [6.45, 7) is 0.431. The molecule has 3 atom stereocenters. The third-order valence-electron chi connectivity index (χ3n) is 7.40. The maximum absolute atomic E-state index is 13.3. The normalized spacial score (nSPS) is 21.8. The van der Waals surface area contributed by atoms with Crippen LogP contribution in [0.3, 0.4) is 0 Å². The number of alkyl carbamates (subject to hydrolysis) is 1. The Morgan fingerprint density at radius 1 is 1.03 bits per heavy atom. The molecule has 0 spiro atoms. The summed E-state index contributed by atoms with van der Waals surface area (Å²) in [6, 6.07) is 15.5. The number of rotatable bonds is 8. The third kappa shape index (κ3) is 4.75. The number of benzene rings is 2. The summed E-state index contributed by atoms with van der Waals surface area (Å²) in [5, 5.41) is 12.2. The van der Waals surface area contributed by atoms with Crippen LogP contribution in [0.25, 0.3) is 11.1 Å². The van der Waals surface area contributed by atoms with E-state index >= 15 is 0 Å². The molecular weight excluding hydrogens is 448 g/mol. The van der Waals surface area contributed by atoms with Crippen LogP contribution in [0.4, 0.5) is 4.79 Å². The fourth-order valence-corrected chi connectivity index (χ4v) is 5.34. The van der Waals surface area contributed by atoms with Gasteiger partial charge >= 0.3 is 12.1 Å². The summed E-state index contributed by atoms with van der Waals surface area (Å²) in [7, 11) is 1.45. The van der Waals surface area contributed by atoms with Crippen molar-refractivity contribution in [2.24, 2.45) is 11.8 Å². The number of carbonyl (C=O) groups excluding carboxylic acids is 2. The zero-order chi connectivity index (χ0) is 24.5. The van der Waals surface area contributed by atoms with E-state index in [1.165, 1.54) is 12.0 Å². The number of fused-ring (bicyclic) bond motifs is 3. The molecule has 2 aliphatic carbocycles. The van der Waals surface area contributed by atoms with Gasteiger partial charge in [0.05, 0.1) is 6.10 Å². The molecule has 1 heterocycles. The highest BCUT2D eigenvalue weighted by atomic mass is 16.5. The van der Waals surface area contributed by atoms with Crippen LogP contribution in [-0.4, -0.2) is 66.9 Å². The monoisotopic (exact) mass is 478 g/mol. The molecule has 8 nitrogen and oxygen atoms in total. The molecule has 8 heteroatoms. The largest absolute Gasteiger partial charge is 0.481 e. The molecule has 5 rings (SSSR count). The molecule has 1 aliphatic heterocycles. The summed E-state index contributed by atoms with van der Waals surface area (Å²) in [4.78, 5) is 39.1. The number of hydrogen-bond acceptors (Lipinski definition) is 5. The van der Waals surface area contributed by atoms with Gasteiger partial charge in [0.1, 0.15) is 18.6 Å². The third-order valence-corrected chi connectivity index (χ3v) is 7.40. The summed E-state index contributed by atoms with van der Waals surface area (Å²) >= 11 is 0. The molecule has 35 heavy (non-hydrogen) atoms. The lowest BCUT2D eigenvalue weighted by Crippen LogP contribution is -2.48. The molecule has 2 aromatic carbocycles. The van der Waals surface area contributed by atoms with E-state index in [4.69, 9.17) is 9.47 Å². The highest BCUT2D eigenvalue weighted by Crippen LogP contribution is 2.44. The van der Waals surface area contributed by atoms with Gasteiger partial charge in [0, 0.05) is 26.1 Å². The molecule has 184 valence electrons. The quantitative estimate of drug-likeness (QED) is 0.604. The minimum absolute atomic E-state index is 0.0666. The van der Waals surface area contributed by atoms with Gasteiger partial charge in [-0.15, -0.1) is 0 Å². The van der Waals surface area contributed by atoms with Crippen molar-refractivity contribution >= 4 is 18.0 Å². The first-order chi connectivity index (χ1) is 17.0. The van der Waals surface area contributed by atoms with Crippen molar-refractivity contribution in [3.8, 4) is 11.1 Å². The first-order valence-corrected chi connectivity index (χ1v) is 12.1. The standard InChI is InChI=1S/C27H30N2O6/c1-34-24-14-29(13-21(24)26(31)32)25(30)23(12-16-10-11-16)28-27(33)35-15-22-19-8-4-2-6-17(19)18-7-3-5-9-20(18)22/h2-9,16,21-24H,10-15H2,1H3,(H,28,33)(H,31,32). The molecular formula is C27H30N2O6. The van der Waals surface area contributed by atoms with Crippen molar-refractivity contribution in [2.75, 3.05) is 26.8 Å². The first kappa shape index (κ1) is 23.4. The molecule has 3 unspecified atom stereocenters. The summed E-state index contributed by atoms with van der Waals surface area (Å²) in [5.74, 6) is -1.73. The molecule has 0 aromatic heterocycles. The van der Waals surface area contributed by atoms with Gasteiger partial charge < -0.3 is 24.8 Å². The van der Waals surface area contributed by atoms with Crippen LogP contribution < -0.4 is 5.32 Å². The molecule has 0 radical (unpaired) electrons. The Kier molecular flexibility index (Phi) is 6.47. The van der Waals surface area contributed by atoms with Crippen LogP contribution >= 0.6 is 0 Å². The number of likely N-dealkylation sites (tertiary alicyclic amines) is 1. The SMILES string of the molecule is COC1CN(C(=O)C(CC2CC2)NC(=O)OCC2c3ccccc3-c3ccccc32)CC1C(=O)O. The fraction of sp³-hybridized carbons (Fsp3) is 0.444. The van der Waals surface area contributed by atoms with Gasteiger partial charge in [-0.2, -0.15) is 0 Å². The number of nitrogens with zero attached hydrogens (tertiary/aromatic N) is 1. The lowest BCUT2D eigenvalue weighted by molar-refractivity contribution is -0.144. The van der Waals surface area contributed by atoms with Gasteiger partial charge in [-0.3, -0.25) is 9.59 Å². The number of carboxylic acids is 1. The maximum Gasteiger partial charge on any atom is 0.407 e. The number of hydrogen-bond donors (Lipinski definition) is 2. The summed E-state index contributed by atoms with van der Waals surface area (Å²) in [5.41, 5.74) is 4.53. The first-order valence-electron chi connectivity index (χ1n) is 12.1. The minimum atomic E-state index is -0.990. The van der Waals surface area contributed by atoms with Gasteiger partial charge in [-0.05, 0) is 34.6 Å². The van der Waals surface area contributed by atoms with E-state index in [1.54, 1.807) is 0 Å². The Balaban J connectivity index is 1.25. The summed E-state index contributed by atoms with van der Waals surface area (Å²) in [6.07, 6.45) is 1.37. The molecule has 2 amide bonds. The molecule has 2 fully saturated rings. The predicted octanol–water partition coefficient (Wildman–Crippen LogP) is 3.25. The molecule has 1 saturated carbocycles. The summed E-state index contributed by atoms with van der Waals surface area (Å²) < 4.78 is 10.9. The second-order valence-electron chi connectivity index (χ2n) is 9.66. The van der Waals surface area contributed by atoms with Crippen LogP contribution in [-0.2, 0) is 19.1 Å². The lowest BCUT2D eigenvalue weighted by Gasteiger charge is -2.24. The van der Waals surface area contributed by atoms with E-state index in [0.717, 1.165) is 35.1 Å². The number of ether oxygens (including phenoxy) is 2. The van der Waals surface area contributed by atoms with E-state index in [0.29, 0.717) is 12.3 Å². The van der Waals surface area contributed by atoms with Crippen molar-refractivity contribution in [3.05, 3.63) is 59.7 Å². The van der Waals surface area contributed by atoms with Crippen LogP contribution in [0.2, 0.25) is 0 Å². The molecule has 3 aliphatic rings. The van der Waals surface area contributed by atoms with E-state index in [9.17, 15) is 19.5 Å². The molecule has 2 N–H and O–H groups in total. The molecule has 1 saturated heterocycles. The van der Waals surface area contributed by atoms with Crippen molar-refractivity contribution in [1.29, 1.82) is 0 Å². The number of aliphatic carboxylic acids is 1. The molecule has 0 bridgehead atoms. The Labute approximate surface area is 204 Å². The second-order valence-corrected chi connectivity index (χ2v) is 9.66. The number of carbonyl (C=O) groups is 3. The number of amides is 2. The number of nitrogens with one attached hydrogen (secondary N) is 1. The smallest absolute Gasteiger partial charge is 0.407 e. The van der Waals surface area contributed by atoms with Gasteiger partial charge in [-0.1, -0.05) is 61.4 Å². The zero-order valence-electron chi connectivity index (χ0n) is 19.7. The van der Waals surface area contributed by atoms with E-state index in [-0.39, 0.29) is 31.5 Å². The Hall–Kier alpha value is -3.39. The number of carboxylic acid groups (broad SMARTS) is 1. The van der Waals surface area contributed by atoms with Gasteiger partial charge in [0.15, 0.2) is 0 Å². The van der Waals surface area contributed by atoms with E-state index < -0.39 is 30.1 Å². The lowest BCUT2D eigenvalue weighted by atomic mass is 9.98. The maximum atomic E-state index is 13.3. The predicted molar refractivity (Wildman–Crippen MR) is 128 cm³/mol. The number of methoxy groups -OCH3 is 1. The van der Waals surface area contributed by atoms with Crippen molar-refractivity contribution < 1.29 is 29.0 Å². The highest BCUT2D eigenvalue weighted by Gasteiger charge is 2.43.